The van der Waals surface area contributed by atoms with Crippen molar-refractivity contribution in [2.45, 2.75) is 24.2 Å². The number of ether oxygens (including phenoxy) is 1. The highest BCUT2D eigenvalue weighted by Crippen LogP contribution is 2.45. The van der Waals surface area contributed by atoms with Crippen molar-refractivity contribution in [2.24, 2.45) is 0 Å². The van der Waals surface area contributed by atoms with Gasteiger partial charge in [0.2, 0.25) is 0 Å². The van der Waals surface area contributed by atoms with E-state index in [0.29, 0.717) is 15.9 Å². The molecule has 1 fully saturated rings. The molecule has 0 saturated carbocycles. The number of nitrogens with one attached hydrogen (secondary N) is 1. The fourth-order valence-electron chi connectivity index (χ4n) is 2.34. The van der Waals surface area contributed by atoms with Gasteiger partial charge in [-0.2, -0.15) is 0 Å². The predicted molar refractivity (Wildman–Crippen MR) is 99.5 cm³/mol. The molecule has 132 valence electrons. The summed E-state index contributed by atoms with van der Waals surface area (Å²) in [5.74, 6) is 2.09. The van der Waals surface area contributed by atoms with Crippen molar-refractivity contribution in [3.05, 3.63) is 59.5 Å². The molecule has 0 bridgehead atoms. The number of carbonyl (C=O) groups excluding carboxylic acids is 2. The molecule has 1 aliphatic heterocycles. The lowest BCUT2D eigenvalue weighted by atomic mass is 10.1. The molecule has 0 spiro atoms. The second kappa shape index (κ2) is 8.49. The van der Waals surface area contributed by atoms with Gasteiger partial charge in [-0.25, -0.2) is 4.79 Å². The van der Waals surface area contributed by atoms with Crippen LogP contribution < -0.4 is 5.32 Å². The van der Waals surface area contributed by atoms with Gasteiger partial charge in [-0.3, -0.25) is 4.79 Å². The van der Waals surface area contributed by atoms with E-state index >= 15 is 0 Å². The first kappa shape index (κ1) is 17.9. The molecule has 0 radical (unpaired) electrons. The monoisotopic (exact) mass is 377 g/mol. The van der Waals surface area contributed by atoms with Crippen LogP contribution in [0, 0.1) is 0 Å². The van der Waals surface area contributed by atoms with Crippen LogP contribution in [0.15, 0.2) is 47.1 Å². The fraction of sp³-hybridized carbons (Fsp3) is 0.333. The van der Waals surface area contributed by atoms with Crippen LogP contribution >= 0.6 is 23.5 Å². The molecule has 1 aliphatic rings. The van der Waals surface area contributed by atoms with E-state index < -0.39 is 12.1 Å². The minimum Gasteiger partial charge on any atom is -0.467 e. The Kier molecular flexibility index (Phi) is 6.09. The number of rotatable bonds is 6. The molecule has 1 atom stereocenters. The summed E-state index contributed by atoms with van der Waals surface area (Å²) < 4.78 is 10.8. The Morgan fingerprint density at radius 1 is 1.24 bits per heavy atom. The number of esters is 1. The van der Waals surface area contributed by atoms with Crippen LogP contribution in [-0.2, 0) is 16.1 Å². The van der Waals surface area contributed by atoms with E-state index in [0.717, 1.165) is 11.5 Å². The van der Waals surface area contributed by atoms with Crippen LogP contribution in [0.5, 0.6) is 0 Å². The molecule has 0 unspecified atom stereocenters. The Hall–Kier alpha value is -1.86. The van der Waals surface area contributed by atoms with Gasteiger partial charge in [-0.05, 0) is 36.8 Å². The van der Waals surface area contributed by atoms with E-state index in [2.05, 4.69) is 5.32 Å². The van der Waals surface area contributed by atoms with Crippen molar-refractivity contribution in [3.63, 3.8) is 0 Å². The van der Waals surface area contributed by atoms with Crippen molar-refractivity contribution in [2.75, 3.05) is 11.5 Å². The Balaban J connectivity index is 1.51. The molecular formula is C18H19NO4S2. The first-order valence-corrected chi connectivity index (χ1v) is 10.1. The minimum atomic E-state index is -0.872. The summed E-state index contributed by atoms with van der Waals surface area (Å²) in [6, 6.07) is 10.9. The third kappa shape index (κ3) is 4.83. The summed E-state index contributed by atoms with van der Waals surface area (Å²) in [6.07, 6.45) is 0.667. The molecule has 2 aromatic rings. The summed E-state index contributed by atoms with van der Waals surface area (Å²) >= 11 is 3.83. The highest BCUT2D eigenvalue weighted by atomic mass is 32.2. The molecule has 25 heavy (non-hydrogen) atoms. The largest absolute Gasteiger partial charge is 0.467 e. The van der Waals surface area contributed by atoms with Crippen LogP contribution in [0.1, 0.15) is 33.2 Å². The second-order valence-corrected chi connectivity index (χ2v) is 8.26. The summed E-state index contributed by atoms with van der Waals surface area (Å²) in [5.41, 5.74) is 1.65. The van der Waals surface area contributed by atoms with Crippen molar-refractivity contribution < 1.29 is 18.7 Å². The van der Waals surface area contributed by atoms with Gasteiger partial charge in [0, 0.05) is 11.5 Å². The number of thioether (sulfide) groups is 2. The van der Waals surface area contributed by atoms with E-state index in [9.17, 15) is 9.59 Å². The second-order valence-electron chi connectivity index (χ2n) is 5.54. The summed E-state index contributed by atoms with van der Waals surface area (Å²) in [5, 5.41) is 2.67. The molecule has 5 nitrogen and oxygen atoms in total. The number of amides is 1. The van der Waals surface area contributed by atoms with Crippen LogP contribution in [0.3, 0.4) is 0 Å². The summed E-state index contributed by atoms with van der Waals surface area (Å²) in [7, 11) is 0. The zero-order chi connectivity index (χ0) is 17.6. The van der Waals surface area contributed by atoms with Gasteiger partial charge in [0.15, 0.2) is 6.10 Å². The van der Waals surface area contributed by atoms with Gasteiger partial charge in [0.1, 0.15) is 5.76 Å². The predicted octanol–water partition coefficient (Wildman–Crippen LogP) is 3.62. The number of carbonyl (C=O) groups is 2. The molecular weight excluding hydrogens is 358 g/mol. The highest BCUT2D eigenvalue weighted by Gasteiger charge is 2.21. The quantitative estimate of drug-likeness (QED) is 0.776. The third-order valence-corrected chi connectivity index (χ3v) is 6.81. The van der Waals surface area contributed by atoms with E-state index in [-0.39, 0.29) is 12.5 Å². The van der Waals surface area contributed by atoms with Crippen molar-refractivity contribution in [1.29, 1.82) is 0 Å². The Morgan fingerprint density at radius 3 is 2.60 bits per heavy atom. The summed E-state index contributed by atoms with van der Waals surface area (Å²) in [6.45, 7) is 1.81. The van der Waals surface area contributed by atoms with Crippen molar-refractivity contribution in [1.82, 2.24) is 5.32 Å². The van der Waals surface area contributed by atoms with Gasteiger partial charge in [0.05, 0.1) is 23.0 Å². The number of hydrogen-bond acceptors (Lipinski definition) is 6. The van der Waals surface area contributed by atoms with E-state index in [1.807, 2.05) is 35.7 Å². The normalized spacial score (nSPS) is 15.7. The lowest BCUT2D eigenvalue weighted by Crippen LogP contribution is -2.35. The first-order valence-electron chi connectivity index (χ1n) is 7.98. The van der Waals surface area contributed by atoms with Crippen LogP contribution in [0.2, 0.25) is 0 Å². The number of furan rings is 1. The molecule has 1 saturated heterocycles. The summed E-state index contributed by atoms with van der Waals surface area (Å²) in [4.78, 5) is 24.2. The highest BCUT2D eigenvalue weighted by molar-refractivity contribution is 8.19. The molecule has 1 aromatic carbocycles. The maximum Gasteiger partial charge on any atom is 0.338 e. The Morgan fingerprint density at radius 2 is 1.96 bits per heavy atom. The lowest BCUT2D eigenvalue weighted by molar-refractivity contribution is -0.129. The first-order chi connectivity index (χ1) is 12.1. The van der Waals surface area contributed by atoms with E-state index in [1.165, 1.54) is 11.8 Å². The van der Waals surface area contributed by atoms with Gasteiger partial charge in [-0.1, -0.05) is 12.1 Å². The maximum atomic E-state index is 12.2. The minimum absolute atomic E-state index is 0.263. The maximum absolute atomic E-state index is 12.2. The Bertz CT molecular complexity index is 709. The molecule has 1 N–H and O–H groups in total. The fourth-order valence-corrected chi connectivity index (χ4v) is 5.20. The standard InChI is InChI=1S/C18H19NO4S2/c1-12(16(20)19-11-15-3-2-8-22-15)23-17(21)13-4-6-14(7-5-13)18-24-9-10-25-18/h2-8,12,18H,9-11H2,1H3,(H,19,20)/t12-/m1/s1. The van der Waals surface area contributed by atoms with Gasteiger partial charge in [0.25, 0.3) is 5.91 Å². The molecule has 1 aromatic heterocycles. The van der Waals surface area contributed by atoms with Gasteiger partial charge >= 0.3 is 5.97 Å². The molecule has 1 amide bonds. The molecule has 0 aliphatic carbocycles. The SMILES string of the molecule is C[C@@H](OC(=O)c1ccc(C2SCCS2)cc1)C(=O)NCc1ccco1. The van der Waals surface area contributed by atoms with Gasteiger partial charge in [-0.15, -0.1) is 23.5 Å². The van der Waals surface area contributed by atoms with Crippen molar-refractivity contribution >= 4 is 35.4 Å². The molecule has 2 heterocycles. The average Bonchev–Trinajstić information content (AvgIpc) is 3.33. The van der Waals surface area contributed by atoms with Crippen LogP contribution in [-0.4, -0.2) is 29.5 Å². The van der Waals surface area contributed by atoms with Crippen LogP contribution in [0.25, 0.3) is 0 Å². The third-order valence-electron chi connectivity index (χ3n) is 3.71. The molecule has 3 rings (SSSR count). The van der Waals surface area contributed by atoms with Crippen LogP contribution in [0.4, 0.5) is 0 Å². The lowest BCUT2D eigenvalue weighted by Gasteiger charge is -2.13. The van der Waals surface area contributed by atoms with Gasteiger partial charge < -0.3 is 14.5 Å². The van der Waals surface area contributed by atoms with E-state index in [4.69, 9.17) is 9.15 Å². The number of hydrogen-bond donors (Lipinski definition) is 1. The smallest absolute Gasteiger partial charge is 0.338 e. The topological polar surface area (TPSA) is 68.5 Å². The zero-order valence-electron chi connectivity index (χ0n) is 13.8. The van der Waals surface area contributed by atoms with Crippen molar-refractivity contribution in [3.8, 4) is 0 Å². The zero-order valence-corrected chi connectivity index (χ0v) is 15.4. The van der Waals surface area contributed by atoms with E-state index in [1.54, 1.807) is 31.2 Å². The number of benzene rings is 1. The Labute approximate surface area is 154 Å². The average molecular weight is 377 g/mol. The molecule has 7 heteroatoms.